The van der Waals surface area contributed by atoms with Crippen LogP contribution in [0.25, 0.3) is 0 Å². The van der Waals surface area contributed by atoms with Crippen LogP contribution in [0.2, 0.25) is 0 Å². The van der Waals surface area contributed by atoms with Gasteiger partial charge in [0.25, 0.3) is 0 Å². The molecule has 0 spiro atoms. The third kappa shape index (κ3) is 38.8. The molecule has 0 rings (SSSR count). The van der Waals surface area contributed by atoms with Crippen molar-refractivity contribution in [3.05, 3.63) is 0 Å². The summed E-state index contributed by atoms with van der Waals surface area (Å²) in [5.74, 6) is 0. The van der Waals surface area contributed by atoms with E-state index in [1.54, 1.807) is 0 Å². The van der Waals surface area contributed by atoms with E-state index in [0.29, 0.717) is 6.10 Å². The molecule has 0 amide bonds. The van der Waals surface area contributed by atoms with Crippen molar-refractivity contribution in [3.8, 4) is 0 Å². The van der Waals surface area contributed by atoms with Gasteiger partial charge in [0.2, 0.25) is 0 Å². The van der Waals surface area contributed by atoms with Gasteiger partial charge in [0.15, 0.2) is 0 Å². The smallest absolute Gasteiger partial charge is 0.119 e. The number of rotatable bonds is 19. The van der Waals surface area contributed by atoms with Crippen molar-refractivity contribution in [1.82, 2.24) is 0 Å². The molecule has 0 aromatic rings. The van der Waals surface area contributed by atoms with Crippen LogP contribution in [0.1, 0.15) is 143 Å². The van der Waals surface area contributed by atoms with Crippen molar-refractivity contribution in [2.75, 3.05) is 13.7 Å². The number of methoxy groups -OCH3 is 1. The van der Waals surface area contributed by atoms with Gasteiger partial charge in [-0.3, -0.25) is 0 Å². The summed E-state index contributed by atoms with van der Waals surface area (Å²) in [7, 11) is 1.87. The maximum Gasteiger partial charge on any atom is 0.119 e. The molecule has 0 bridgehead atoms. The molecule has 3 nitrogen and oxygen atoms in total. The summed E-state index contributed by atoms with van der Waals surface area (Å²) in [5.41, 5.74) is 5.31. The molecule has 0 aromatic carbocycles. The van der Waals surface area contributed by atoms with Gasteiger partial charge < -0.3 is 15.3 Å². The van der Waals surface area contributed by atoms with E-state index in [0.717, 1.165) is 32.1 Å². The number of unbranched alkanes of at least 4 members (excludes halogenated alkanes) is 12. The first-order valence-corrected chi connectivity index (χ1v) is 12.8. The topological polar surface area (TPSA) is 52.3 Å². The summed E-state index contributed by atoms with van der Waals surface area (Å²) in [6.45, 7) is 9.58. The molecular formula is C26H57NO2. The number of aldehydes is 1. The second-order valence-corrected chi connectivity index (χ2v) is 8.13. The van der Waals surface area contributed by atoms with Gasteiger partial charge in [0.1, 0.15) is 6.29 Å². The standard InChI is InChI=1S/C15H32O.C8H17NO.C3H8/c1-4-6-8-10-12-14-15(16-3)13-11-9-7-5-2;9-7-5-3-1-2-4-6-8-10;1-3-2/h15H,4-14H2,1-3H3;8H,1-7,9H2;3H2,1-2H3. The molecule has 2 N–H and O–H groups in total. The Hall–Kier alpha value is -0.410. The predicted octanol–water partition coefficient (Wildman–Crippen LogP) is 8.23. The first kappa shape index (κ1) is 33.2. The van der Waals surface area contributed by atoms with Crippen LogP contribution in [0.5, 0.6) is 0 Å². The van der Waals surface area contributed by atoms with Crippen molar-refractivity contribution in [3.63, 3.8) is 0 Å². The molecule has 178 valence electrons. The molecule has 0 radical (unpaired) electrons. The van der Waals surface area contributed by atoms with Gasteiger partial charge in [-0.2, -0.15) is 0 Å². The Morgan fingerprint density at radius 1 is 0.690 bits per heavy atom. The second kappa shape index (κ2) is 35.1. The largest absolute Gasteiger partial charge is 0.381 e. The van der Waals surface area contributed by atoms with Gasteiger partial charge in [-0.15, -0.1) is 0 Å². The maximum atomic E-state index is 9.87. The summed E-state index contributed by atoms with van der Waals surface area (Å²) in [4.78, 5) is 9.87. The normalized spacial score (nSPS) is 11.1. The molecule has 0 saturated carbocycles. The first-order valence-electron chi connectivity index (χ1n) is 12.8. The van der Waals surface area contributed by atoms with E-state index in [-0.39, 0.29) is 0 Å². The summed E-state index contributed by atoms with van der Waals surface area (Å²) >= 11 is 0. The fourth-order valence-corrected chi connectivity index (χ4v) is 3.06. The van der Waals surface area contributed by atoms with Crippen molar-refractivity contribution < 1.29 is 9.53 Å². The second-order valence-electron chi connectivity index (χ2n) is 8.13. The predicted molar refractivity (Wildman–Crippen MR) is 132 cm³/mol. The Morgan fingerprint density at radius 2 is 1.10 bits per heavy atom. The monoisotopic (exact) mass is 415 g/mol. The van der Waals surface area contributed by atoms with Crippen molar-refractivity contribution in [2.45, 2.75) is 149 Å². The van der Waals surface area contributed by atoms with E-state index in [1.807, 2.05) is 7.11 Å². The zero-order valence-corrected chi connectivity index (χ0v) is 21.0. The van der Waals surface area contributed by atoms with Crippen LogP contribution in [0, 0.1) is 0 Å². The van der Waals surface area contributed by atoms with Crippen molar-refractivity contribution >= 4 is 6.29 Å². The average molecular weight is 416 g/mol. The third-order valence-electron chi connectivity index (χ3n) is 4.87. The number of nitrogens with two attached hydrogens (primary N) is 1. The van der Waals surface area contributed by atoms with E-state index < -0.39 is 0 Å². The Morgan fingerprint density at radius 3 is 1.55 bits per heavy atom. The van der Waals surface area contributed by atoms with Crippen molar-refractivity contribution in [2.24, 2.45) is 5.73 Å². The van der Waals surface area contributed by atoms with Crippen LogP contribution >= 0.6 is 0 Å². The average Bonchev–Trinajstić information content (AvgIpc) is 2.73. The fourth-order valence-electron chi connectivity index (χ4n) is 3.06. The highest BCUT2D eigenvalue weighted by Crippen LogP contribution is 2.14. The highest BCUT2D eigenvalue weighted by atomic mass is 16.5. The van der Waals surface area contributed by atoms with Gasteiger partial charge in [-0.25, -0.2) is 0 Å². The lowest BCUT2D eigenvalue weighted by Gasteiger charge is -2.14. The zero-order chi connectivity index (χ0) is 22.4. The number of hydrogen-bond donors (Lipinski definition) is 1. The van der Waals surface area contributed by atoms with Crippen LogP contribution in [0.4, 0.5) is 0 Å². The van der Waals surface area contributed by atoms with Crippen LogP contribution in [0.3, 0.4) is 0 Å². The van der Waals surface area contributed by atoms with Crippen LogP contribution in [-0.4, -0.2) is 26.0 Å². The van der Waals surface area contributed by atoms with E-state index in [9.17, 15) is 4.79 Å². The summed E-state index contributed by atoms with van der Waals surface area (Å²) in [6.07, 6.45) is 24.2. The summed E-state index contributed by atoms with van der Waals surface area (Å²) < 4.78 is 5.54. The van der Waals surface area contributed by atoms with E-state index >= 15 is 0 Å². The van der Waals surface area contributed by atoms with E-state index in [4.69, 9.17) is 10.5 Å². The molecule has 29 heavy (non-hydrogen) atoms. The van der Waals surface area contributed by atoms with E-state index in [1.165, 1.54) is 96.3 Å². The van der Waals surface area contributed by atoms with E-state index in [2.05, 4.69) is 27.7 Å². The van der Waals surface area contributed by atoms with Gasteiger partial charge in [-0.1, -0.05) is 111 Å². The highest BCUT2D eigenvalue weighted by molar-refractivity contribution is 5.48. The van der Waals surface area contributed by atoms with Gasteiger partial charge in [-0.05, 0) is 32.2 Å². The molecule has 0 heterocycles. The molecule has 0 aliphatic rings. The number of carbonyl (C=O) groups excluding carboxylic acids is 1. The quantitative estimate of drug-likeness (QED) is 0.171. The lowest BCUT2D eigenvalue weighted by atomic mass is 10.0. The van der Waals surface area contributed by atoms with Gasteiger partial charge >= 0.3 is 0 Å². The van der Waals surface area contributed by atoms with Crippen LogP contribution in [-0.2, 0) is 9.53 Å². The Labute approximate surface area is 184 Å². The summed E-state index contributed by atoms with van der Waals surface area (Å²) in [6, 6.07) is 0. The Bertz CT molecular complexity index is 259. The van der Waals surface area contributed by atoms with Gasteiger partial charge in [0, 0.05) is 13.5 Å². The molecular weight excluding hydrogens is 358 g/mol. The minimum absolute atomic E-state index is 0.526. The SMILES string of the molecule is CCC.CCCCCCCC(CCCCCC)OC.NCCCCCCCC=O. The lowest BCUT2D eigenvalue weighted by Crippen LogP contribution is -2.10. The Balaban J connectivity index is -0.000000443. The van der Waals surface area contributed by atoms with Crippen LogP contribution < -0.4 is 5.73 Å². The number of ether oxygens (including phenoxy) is 1. The zero-order valence-electron chi connectivity index (χ0n) is 21.0. The lowest BCUT2D eigenvalue weighted by molar-refractivity contribution is -0.107. The minimum Gasteiger partial charge on any atom is -0.381 e. The molecule has 0 fully saturated rings. The molecule has 0 aliphatic heterocycles. The molecule has 1 unspecified atom stereocenters. The number of carbonyl (C=O) groups is 1. The number of hydrogen-bond acceptors (Lipinski definition) is 3. The minimum atomic E-state index is 0.526. The highest BCUT2D eigenvalue weighted by Gasteiger charge is 2.06. The Kier molecular flexibility index (Phi) is 40.2. The third-order valence-corrected chi connectivity index (χ3v) is 4.87. The molecule has 0 saturated heterocycles. The molecule has 0 aliphatic carbocycles. The fraction of sp³-hybridized carbons (Fsp3) is 0.962. The van der Waals surface area contributed by atoms with Gasteiger partial charge in [0.05, 0.1) is 6.10 Å². The molecule has 1 atom stereocenters. The first-order chi connectivity index (χ1) is 14.2. The van der Waals surface area contributed by atoms with Crippen molar-refractivity contribution in [1.29, 1.82) is 0 Å². The maximum absolute atomic E-state index is 9.87. The summed E-state index contributed by atoms with van der Waals surface area (Å²) in [5, 5.41) is 0. The molecule has 3 heteroatoms. The molecule has 0 aromatic heterocycles. The van der Waals surface area contributed by atoms with Crippen LogP contribution in [0.15, 0.2) is 0 Å².